The first-order chi connectivity index (χ1) is 12.0. The van der Waals surface area contributed by atoms with Gasteiger partial charge in [-0.3, -0.25) is 14.9 Å². The van der Waals surface area contributed by atoms with Crippen LogP contribution in [0.25, 0.3) is 10.8 Å². The van der Waals surface area contributed by atoms with Crippen LogP contribution in [0.5, 0.6) is 5.75 Å². The van der Waals surface area contributed by atoms with E-state index in [0.717, 1.165) is 6.07 Å². The van der Waals surface area contributed by atoms with Crippen LogP contribution in [-0.2, 0) is 0 Å². The predicted molar refractivity (Wildman–Crippen MR) is 93.3 cm³/mol. The summed E-state index contributed by atoms with van der Waals surface area (Å²) in [4.78, 5) is 21.4. The largest absolute Gasteiger partial charge is 0.505 e. The molecule has 0 aliphatic heterocycles. The molecule has 1 N–H and O–H groups in total. The number of nitrogens with zero attached hydrogens (tertiary/aromatic N) is 3. The van der Waals surface area contributed by atoms with Crippen molar-refractivity contribution in [2.75, 3.05) is 0 Å². The van der Waals surface area contributed by atoms with Gasteiger partial charge >= 0.3 is 0 Å². The van der Waals surface area contributed by atoms with Crippen LogP contribution in [0.3, 0.4) is 0 Å². The van der Waals surface area contributed by atoms with Crippen LogP contribution in [0.1, 0.15) is 10.4 Å². The van der Waals surface area contributed by atoms with Crippen molar-refractivity contribution in [3.05, 3.63) is 69.2 Å². The monoisotopic (exact) mass is 355 g/mol. The summed E-state index contributed by atoms with van der Waals surface area (Å²) in [7, 11) is 0. The molecular formula is C17H10ClN3O4. The van der Waals surface area contributed by atoms with Crippen molar-refractivity contribution in [2.45, 2.75) is 0 Å². The number of azo groups is 1. The van der Waals surface area contributed by atoms with Gasteiger partial charge in [0, 0.05) is 12.1 Å². The molecule has 124 valence electrons. The molecule has 25 heavy (non-hydrogen) atoms. The van der Waals surface area contributed by atoms with Gasteiger partial charge in [-0.05, 0) is 22.9 Å². The number of benzene rings is 3. The summed E-state index contributed by atoms with van der Waals surface area (Å²) in [5.41, 5.74) is 0.241. The van der Waals surface area contributed by atoms with Gasteiger partial charge in [-0.1, -0.05) is 35.9 Å². The number of non-ortho nitro benzene ring substituents is 1. The van der Waals surface area contributed by atoms with Crippen LogP contribution in [-0.4, -0.2) is 16.3 Å². The van der Waals surface area contributed by atoms with Gasteiger partial charge in [-0.15, -0.1) is 10.2 Å². The van der Waals surface area contributed by atoms with Crippen LogP contribution >= 0.6 is 11.6 Å². The fraction of sp³-hybridized carbons (Fsp3) is 0. The van der Waals surface area contributed by atoms with Crippen molar-refractivity contribution in [3.63, 3.8) is 0 Å². The van der Waals surface area contributed by atoms with Gasteiger partial charge in [0.1, 0.15) is 11.4 Å². The lowest BCUT2D eigenvalue weighted by atomic mass is 10.0. The molecular weight excluding hydrogens is 346 g/mol. The number of carbonyl (C=O) groups excluding carboxylic acids is 1. The molecule has 0 radical (unpaired) electrons. The maximum atomic E-state index is 11.3. The molecule has 3 aromatic rings. The molecule has 0 atom stereocenters. The van der Waals surface area contributed by atoms with Gasteiger partial charge in [0.15, 0.2) is 12.0 Å². The van der Waals surface area contributed by atoms with Crippen molar-refractivity contribution in [2.24, 2.45) is 10.2 Å². The summed E-state index contributed by atoms with van der Waals surface area (Å²) >= 11 is 5.96. The van der Waals surface area contributed by atoms with Crippen molar-refractivity contribution >= 4 is 45.7 Å². The van der Waals surface area contributed by atoms with Crippen LogP contribution in [0.4, 0.5) is 17.1 Å². The molecule has 0 saturated heterocycles. The zero-order valence-corrected chi connectivity index (χ0v) is 13.3. The molecule has 0 saturated carbocycles. The predicted octanol–water partition coefficient (Wildman–Crippen LogP) is 5.33. The third-order valence-electron chi connectivity index (χ3n) is 3.57. The molecule has 7 nitrogen and oxygen atoms in total. The van der Waals surface area contributed by atoms with E-state index in [9.17, 15) is 20.0 Å². The topological polar surface area (TPSA) is 105 Å². The first kappa shape index (κ1) is 16.5. The van der Waals surface area contributed by atoms with E-state index in [1.165, 1.54) is 12.1 Å². The smallest absolute Gasteiger partial charge is 0.271 e. The van der Waals surface area contributed by atoms with Gasteiger partial charge in [-0.25, -0.2) is 0 Å². The summed E-state index contributed by atoms with van der Waals surface area (Å²) in [5.74, 6) is -0.296. The second kappa shape index (κ2) is 6.66. The Hall–Kier alpha value is -3.32. The number of phenols is 1. The molecule has 0 unspecified atom stereocenters. The van der Waals surface area contributed by atoms with E-state index in [-0.39, 0.29) is 33.4 Å². The quantitative estimate of drug-likeness (QED) is 0.295. The van der Waals surface area contributed by atoms with E-state index in [1.54, 1.807) is 30.3 Å². The number of aldehydes is 1. The van der Waals surface area contributed by atoms with Gasteiger partial charge in [0.2, 0.25) is 0 Å². The fourth-order valence-corrected chi connectivity index (χ4v) is 2.56. The van der Waals surface area contributed by atoms with E-state index in [0.29, 0.717) is 17.1 Å². The minimum absolute atomic E-state index is 0.0499. The normalized spacial score (nSPS) is 11.1. The van der Waals surface area contributed by atoms with Crippen molar-refractivity contribution < 1.29 is 14.8 Å². The highest BCUT2D eigenvalue weighted by atomic mass is 35.5. The Balaban J connectivity index is 2.06. The highest BCUT2D eigenvalue weighted by Crippen LogP contribution is 2.37. The van der Waals surface area contributed by atoms with Crippen molar-refractivity contribution in [1.82, 2.24) is 0 Å². The fourth-order valence-electron chi connectivity index (χ4n) is 2.34. The molecule has 0 aliphatic rings. The maximum Gasteiger partial charge on any atom is 0.271 e. The van der Waals surface area contributed by atoms with Crippen LogP contribution in [0, 0.1) is 10.1 Å². The summed E-state index contributed by atoms with van der Waals surface area (Å²) in [6, 6.07) is 12.4. The molecule has 0 spiro atoms. The average molecular weight is 356 g/mol. The lowest BCUT2D eigenvalue weighted by molar-refractivity contribution is -0.384. The summed E-state index contributed by atoms with van der Waals surface area (Å²) in [5, 5.41) is 30.2. The number of aromatic hydroxyl groups is 1. The zero-order valence-electron chi connectivity index (χ0n) is 12.6. The number of hydrogen-bond donors (Lipinski definition) is 1. The number of nitro groups is 1. The van der Waals surface area contributed by atoms with E-state index >= 15 is 0 Å². The Morgan fingerprint density at radius 1 is 1.08 bits per heavy atom. The molecule has 8 heteroatoms. The lowest BCUT2D eigenvalue weighted by Gasteiger charge is -2.06. The van der Waals surface area contributed by atoms with Gasteiger partial charge in [0.25, 0.3) is 5.69 Å². The Morgan fingerprint density at radius 3 is 2.48 bits per heavy atom. The average Bonchev–Trinajstić information content (AvgIpc) is 2.60. The molecule has 3 aromatic carbocycles. The third kappa shape index (κ3) is 3.17. The minimum Gasteiger partial charge on any atom is -0.505 e. The first-order valence-corrected chi connectivity index (χ1v) is 7.44. The van der Waals surface area contributed by atoms with Crippen molar-refractivity contribution in [3.8, 4) is 5.75 Å². The molecule has 0 heterocycles. The maximum absolute atomic E-state index is 11.3. The number of nitro benzene ring substituents is 1. The SMILES string of the molecule is O=Cc1c(O)c(N=Nc2ccc([N+](=O)[O-])cc2Cl)cc2ccccc12. The molecule has 0 amide bonds. The van der Waals surface area contributed by atoms with Crippen LogP contribution < -0.4 is 0 Å². The van der Waals surface area contributed by atoms with Crippen LogP contribution in [0.15, 0.2) is 58.8 Å². The first-order valence-electron chi connectivity index (χ1n) is 7.07. The minimum atomic E-state index is -0.571. The Kier molecular flexibility index (Phi) is 4.40. The highest BCUT2D eigenvalue weighted by Gasteiger charge is 2.13. The third-order valence-corrected chi connectivity index (χ3v) is 3.87. The van der Waals surface area contributed by atoms with Gasteiger partial charge in [-0.2, -0.15) is 0 Å². The zero-order chi connectivity index (χ0) is 18.0. The standard InChI is InChI=1S/C17H10ClN3O4/c18-14-8-11(21(24)25)5-6-15(14)19-20-16-7-10-3-1-2-4-12(10)13(9-22)17(16)23/h1-9,23H. The Bertz CT molecular complexity index is 1030. The molecule has 0 fully saturated rings. The van der Waals surface area contributed by atoms with Gasteiger partial charge in [0.05, 0.1) is 15.5 Å². The molecule has 0 aliphatic carbocycles. The van der Waals surface area contributed by atoms with Crippen molar-refractivity contribution in [1.29, 1.82) is 0 Å². The number of rotatable bonds is 4. The number of hydrogen-bond acceptors (Lipinski definition) is 6. The summed E-state index contributed by atoms with van der Waals surface area (Å²) in [6.45, 7) is 0. The molecule has 3 rings (SSSR count). The molecule has 0 aromatic heterocycles. The molecule has 0 bridgehead atoms. The van der Waals surface area contributed by atoms with Crippen LogP contribution in [0.2, 0.25) is 5.02 Å². The number of halogens is 1. The highest BCUT2D eigenvalue weighted by molar-refractivity contribution is 6.33. The van der Waals surface area contributed by atoms with E-state index in [2.05, 4.69) is 10.2 Å². The lowest BCUT2D eigenvalue weighted by Crippen LogP contribution is -1.87. The summed E-state index contributed by atoms with van der Waals surface area (Å²) in [6.07, 6.45) is 0.551. The second-order valence-electron chi connectivity index (χ2n) is 5.09. The Morgan fingerprint density at radius 2 is 1.80 bits per heavy atom. The second-order valence-corrected chi connectivity index (χ2v) is 5.50. The number of fused-ring (bicyclic) bond motifs is 1. The summed E-state index contributed by atoms with van der Waals surface area (Å²) < 4.78 is 0. The van der Waals surface area contributed by atoms with Gasteiger partial charge < -0.3 is 5.11 Å². The van der Waals surface area contributed by atoms with E-state index < -0.39 is 4.92 Å². The van der Waals surface area contributed by atoms with E-state index in [4.69, 9.17) is 11.6 Å². The Labute approximate surface area is 146 Å². The van der Waals surface area contributed by atoms with E-state index in [1.807, 2.05) is 0 Å². The number of carbonyl (C=O) groups is 1. The number of phenolic OH excluding ortho intramolecular Hbond substituents is 1.